The van der Waals surface area contributed by atoms with Gasteiger partial charge in [0.1, 0.15) is 5.52 Å². The number of anilines is 1. The first-order valence-corrected chi connectivity index (χ1v) is 7.26. The number of rotatable bonds is 5. The Kier molecular flexibility index (Phi) is 4.54. The molecule has 0 unspecified atom stereocenters. The van der Waals surface area contributed by atoms with Crippen molar-refractivity contribution in [3.05, 3.63) is 48.5 Å². The number of para-hydroxylation sites is 2. The highest BCUT2D eigenvalue weighted by molar-refractivity contribution is 5.89. The third-order valence-corrected chi connectivity index (χ3v) is 3.28. The average molecular weight is 311 g/mol. The molecular weight excluding hydrogens is 294 g/mol. The molecule has 0 aliphatic rings. The monoisotopic (exact) mass is 311 g/mol. The lowest BCUT2D eigenvalue weighted by Crippen LogP contribution is -2.31. The number of hydrogen-bond acceptors (Lipinski definition) is 4. The predicted octanol–water partition coefficient (Wildman–Crippen LogP) is 3.26. The van der Waals surface area contributed by atoms with Crippen LogP contribution in [-0.4, -0.2) is 31.3 Å². The van der Waals surface area contributed by atoms with E-state index in [1.54, 1.807) is 19.2 Å². The fourth-order valence-corrected chi connectivity index (χ4v) is 2.13. The second-order valence-corrected chi connectivity index (χ2v) is 4.94. The molecule has 0 atom stereocenters. The van der Waals surface area contributed by atoms with E-state index in [4.69, 9.17) is 9.15 Å². The summed E-state index contributed by atoms with van der Waals surface area (Å²) in [5.41, 5.74) is 3.12. The minimum Gasteiger partial charge on any atom is -0.436 e. The molecule has 0 aliphatic carbocycles. The topological polar surface area (TPSA) is 76.4 Å². The van der Waals surface area contributed by atoms with E-state index in [2.05, 4.69) is 15.6 Å². The van der Waals surface area contributed by atoms with E-state index in [9.17, 15) is 4.79 Å². The second-order valence-electron chi connectivity index (χ2n) is 4.94. The first kappa shape index (κ1) is 15.1. The summed E-state index contributed by atoms with van der Waals surface area (Å²) in [6, 6.07) is 14.7. The summed E-state index contributed by atoms with van der Waals surface area (Å²) in [6.07, 6.45) is 0. The maximum absolute atomic E-state index is 11.7. The number of aromatic nitrogens is 1. The van der Waals surface area contributed by atoms with Gasteiger partial charge >= 0.3 is 6.03 Å². The molecule has 2 aromatic carbocycles. The maximum Gasteiger partial charge on any atom is 0.319 e. The first-order chi connectivity index (χ1) is 11.3. The number of fused-ring (bicyclic) bond motifs is 1. The molecule has 118 valence electrons. The summed E-state index contributed by atoms with van der Waals surface area (Å²) < 4.78 is 10.6. The molecule has 0 fully saturated rings. The number of nitrogens with one attached hydrogen (secondary N) is 2. The number of urea groups is 1. The molecule has 0 bridgehead atoms. The lowest BCUT2D eigenvalue weighted by Gasteiger charge is -2.07. The Labute approximate surface area is 133 Å². The van der Waals surface area contributed by atoms with Crippen LogP contribution in [0.3, 0.4) is 0 Å². The Morgan fingerprint density at radius 1 is 1.17 bits per heavy atom. The highest BCUT2D eigenvalue weighted by Crippen LogP contribution is 2.25. The van der Waals surface area contributed by atoms with Crippen molar-refractivity contribution in [2.24, 2.45) is 0 Å². The van der Waals surface area contributed by atoms with Gasteiger partial charge in [0.15, 0.2) is 5.58 Å². The van der Waals surface area contributed by atoms with E-state index in [1.807, 2.05) is 36.4 Å². The summed E-state index contributed by atoms with van der Waals surface area (Å²) in [4.78, 5) is 16.1. The van der Waals surface area contributed by atoms with Crippen molar-refractivity contribution in [3.63, 3.8) is 0 Å². The lowest BCUT2D eigenvalue weighted by atomic mass is 10.2. The van der Waals surface area contributed by atoms with Crippen LogP contribution in [0.2, 0.25) is 0 Å². The molecule has 3 aromatic rings. The highest BCUT2D eigenvalue weighted by atomic mass is 16.5. The van der Waals surface area contributed by atoms with Crippen molar-refractivity contribution in [2.45, 2.75) is 0 Å². The third-order valence-electron chi connectivity index (χ3n) is 3.28. The van der Waals surface area contributed by atoms with Crippen LogP contribution >= 0.6 is 0 Å². The maximum atomic E-state index is 11.7. The smallest absolute Gasteiger partial charge is 0.319 e. The van der Waals surface area contributed by atoms with Crippen molar-refractivity contribution in [3.8, 4) is 11.5 Å². The van der Waals surface area contributed by atoms with E-state index < -0.39 is 0 Å². The van der Waals surface area contributed by atoms with E-state index >= 15 is 0 Å². The highest BCUT2D eigenvalue weighted by Gasteiger charge is 2.08. The molecular formula is C17H17N3O3. The molecule has 1 heterocycles. The summed E-state index contributed by atoms with van der Waals surface area (Å²) in [6.45, 7) is 0.938. The lowest BCUT2D eigenvalue weighted by molar-refractivity contribution is 0.198. The normalized spacial score (nSPS) is 10.7. The molecule has 0 spiro atoms. The fourth-order valence-electron chi connectivity index (χ4n) is 2.13. The molecule has 0 saturated heterocycles. The van der Waals surface area contributed by atoms with Gasteiger partial charge in [-0.2, -0.15) is 0 Å². The minimum absolute atomic E-state index is 0.267. The molecule has 6 heteroatoms. The van der Waals surface area contributed by atoms with Crippen LogP contribution in [0.15, 0.2) is 52.9 Å². The number of amides is 2. The van der Waals surface area contributed by atoms with Gasteiger partial charge in [-0.1, -0.05) is 12.1 Å². The number of methoxy groups -OCH3 is 1. The Morgan fingerprint density at radius 3 is 2.70 bits per heavy atom. The molecule has 1 aromatic heterocycles. The van der Waals surface area contributed by atoms with Crippen LogP contribution in [-0.2, 0) is 4.74 Å². The van der Waals surface area contributed by atoms with E-state index in [-0.39, 0.29) is 6.03 Å². The van der Waals surface area contributed by atoms with E-state index in [0.717, 1.165) is 16.7 Å². The molecule has 23 heavy (non-hydrogen) atoms. The van der Waals surface area contributed by atoms with Crippen LogP contribution in [0, 0.1) is 0 Å². The van der Waals surface area contributed by atoms with Crippen molar-refractivity contribution in [1.29, 1.82) is 0 Å². The summed E-state index contributed by atoms with van der Waals surface area (Å²) >= 11 is 0. The van der Waals surface area contributed by atoms with Gasteiger partial charge in [-0.3, -0.25) is 0 Å². The molecule has 2 N–H and O–H groups in total. The SMILES string of the molecule is COCCNC(=O)Nc1ccc(-c2nc3ccccc3o2)cc1. The van der Waals surface area contributed by atoms with Crippen molar-refractivity contribution in [2.75, 3.05) is 25.6 Å². The van der Waals surface area contributed by atoms with Gasteiger partial charge in [0.25, 0.3) is 0 Å². The van der Waals surface area contributed by atoms with Crippen LogP contribution in [0.25, 0.3) is 22.6 Å². The Balaban J connectivity index is 1.68. The third kappa shape index (κ3) is 3.67. The standard InChI is InChI=1S/C17H17N3O3/c1-22-11-10-18-17(21)19-13-8-6-12(7-9-13)16-20-14-4-2-3-5-15(14)23-16/h2-9H,10-11H2,1H3,(H2,18,19,21). The molecule has 2 amide bonds. The molecule has 3 rings (SSSR count). The van der Waals surface area contributed by atoms with Crippen LogP contribution in [0.4, 0.5) is 10.5 Å². The van der Waals surface area contributed by atoms with Gasteiger partial charge in [-0.15, -0.1) is 0 Å². The molecule has 0 radical (unpaired) electrons. The quantitative estimate of drug-likeness (QED) is 0.709. The van der Waals surface area contributed by atoms with Gasteiger partial charge in [0, 0.05) is 24.9 Å². The second kappa shape index (κ2) is 6.93. The van der Waals surface area contributed by atoms with Crippen LogP contribution < -0.4 is 10.6 Å². The Morgan fingerprint density at radius 2 is 1.96 bits per heavy atom. The van der Waals surface area contributed by atoms with Gasteiger partial charge in [0.2, 0.25) is 5.89 Å². The zero-order valence-electron chi connectivity index (χ0n) is 12.7. The van der Waals surface area contributed by atoms with E-state index in [0.29, 0.717) is 24.7 Å². The summed E-state index contributed by atoms with van der Waals surface area (Å²) in [5.74, 6) is 0.558. The molecule has 0 aliphatic heterocycles. The van der Waals surface area contributed by atoms with Gasteiger partial charge in [-0.05, 0) is 36.4 Å². The minimum atomic E-state index is -0.267. The number of benzene rings is 2. The number of hydrogen-bond donors (Lipinski definition) is 2. The predicted molar refractivity (Wildman–Crippen MR) is 88.3 cm³/mol. The largest absolute Gasteiger partial charge is 0.436 e. The average Bonchev–Trinajstić information content (AvgIpc) is 3.00. The fraction of sp³-hybridized carbons (Fsp3) is 0.176. The number of carbonyl (C=O) groups excluding carboxylic acids is 1. The van der Waals surface area contributed by atoms with Crippen LogP contribution in [0.5, 0.6) is 0 Å². The van der Waals surface area contributed by atoms with E-state index in [1.165, 1.54) is 0 Å². The number of carbonyl (C=O) groups is 1. The molecule has 0 saturated carbocycles. The Hall–Kier alpha value is -2.86. The summed E-state index contributed by atoms with van der Waals surface area (Å²) in [7, 11) is 1.59. The van der Waals surface area contributed by atoms with Gasteiger partial charge in [-0.25, -0.2) is 9.78 Å². The Bertz CT molecular complexity index is 763. The van der Waals surface area contributed by atoms with Crippen molar-refractivity contribution in [1.82, 2.24) is 10.3 Å². The first-order valence-electron chi connectivity index (χ1n) is 7.26. The number of nitrogens with zero attached hydrogens (tertiary/aromatic N) is 1. The van der Waals surface area contributed by atoms with Crippen LogP contribution in [0.1, 0.15) is 0 Å². The van der Waals surface area contributed by atoms with Crippen molar-refractivity contribution >= 4 is 22.8 Å². The van der Waals surface area contributed by atoms with Gasteiger partial charge in [0.05, 0.1) is 6.61 Å². The molecule has 6 nitrogen and oxygen atoms in total. The number of oxazole rings is 1. The zero-order chi connectivity index (χ0) is 16.1. The number of ether oxygens (including phenoxy) is 1. The van der Waals surface area contributed by atoms with Gasteiger partial charge < -0.3 is 19.8 Å². The zero-order valence-corrected chi connectivity index (χ0v) is 12.7. The summed E-state index contributed by atoms with van der Waals surface area (Å²) in [5, 5.41) is 5.44. The van der Waals surface area contributed by atoms with Crippen molar-refractivity contribution < 1.29 is 13.9 Å².